The molecule has 0 atom stereocenters. The van der Waals surface area contributed by atoms with Gasteiger partial charge in [-0.3, -0.25) is 10.1 Å². The van der Waals surface area contributed by atoms with Crippen LogP contribution in [0.5, 0.6) is 0 Å². The number of rotatable bonds is 5. The van der Waals surface area contributed by atoms with Crippen LogP contribution < -0.4 is 10.2 Å². The number of ether oxygens (including phenoxy) is 1. The number of likely N-dealkylation sites (tertiary alicyclic amines) is 1. The Labute approximate surface area is 229 Å². The highest BCUT2D eigenvalue weighted by molar-refractivity contribution is 5.94. The first-order valence-corrected chi connectivity index (χ1v) is 13.2. The van der Waals surface area contributed by atoms with E-state index in [0.29, 0.717) is 69.4 Å². The van der Waals surface area contributed by atoms with Crippen molar-refractivity contribution in [2.45, 2.75) is 18.9 Å². The van der Waals surface area contributed by atoms with Crippen molar-refractivity contribution >= 4 is 34.5 Å². The number of carbonyl (C=O) groups excluding carboxylic acids is 1. The fraction of sp³-hybridized carbons (Fsp3) is 0.321. The summed E-state index contributed by atoms with van der Waals surface area (Å²) in [4.78, 5) is 37.6. The summed E-state index contributed by atoms with van der Waals surface area (Å²) in [5, 5.41) is 16.9. The Balaban J connectivity index is 1.30. The summed E-state index contributed by atoms with van der Waals surface area (Å²) in [6.45, 7) is 3.53. The third-order valence-corrected chi connectivity index (χ3v) is 7.34. The van der Waals surface area contributed by atoms with Gasteiger partial charge in [-0.25, -0.2) is 23.8 Å². The zero-order valence-electron chi connectivity index (χ0n) is 21.7. The third-order valence-electron chi connectivity index (χ3n) is 7.34. The summed E-state index contributed by atoms with van der Waals surface area (Å²) >= 11 is 0. The molecule has 206 valence electrons. The molecule has 0 aliphatic carbocycles. The predicted octanol–water partition coefficient (Wildman–Crippen LogP) is 4.04. The van der Waals surface area contributed by atoms with E-state index >= 15 is 0 Å². The maximum atomic E-state index is 14.2. The molecule has 2 aliphatic heterocycles. The van der Waals surface area contributed by atoms with Gasteiger partial charge in [-0.1, -0.05) is 12.1 Å². The van der Waals surface area contributed by atoms with E-state index in [1.165, 1.54) is 12.1 Å². The fourth-order valence-corrected chi connectivity index (χ4v) is 5.27. The highest BCUT2D eigenvalue weighted by Crippen LogP contribution is 2.32. The Morgan fingerprint density at radius 2 is 1.70 bits per heavy atom. The predicted molar refractivity (Wildman–Crippen MR) is 146 cm³/mol. The smallest absolute Gasteiger partial charge is 0.409 e. The van der Waals surface area contributed by atoms with Crippen LogP contribution in [0.3, 0.4) is 0 Å². The van der Waals surface area contributed by atoms with Crippen molar-refractivity contribution in [1.29, 1.82) is 0 Å². The van der Waals surface area contributed by atoms with E-state index in [1.54, 1.807) is 47.5 Å². The zero-order chi connectivity index (χ0) is 27.6. The monoisotopic (exact) mass is 545 g/mol. The van der Waals surface area contributed by atoms with Gasteiger partial charge in [0.2, 0.25) is 0 Å². The lowest BCUT2D eigenvalue weighted by atomic mass is 10.0. The number of halogens is 1. The minimum Gasteiger partial charge on any atom is -0.465 e. The van der Waals surface area contributed by atoms with Gasteiger partial charge in [0, 0.05) is 37.4 Å². The molecule has 2 saturated heterocycles. The van der Waals surface area contributed by atoms with E-state index in [0.717, 1.165) is 16.8 Å². The number of fused-ring (bicyclic) bond motifs is 1. The van der Waals surface area contributed by atoms with Gasteiger partial charge in [-0.05, 0) is 49.2 Å². The summed E-state index contributed by atoms with van der Waals surface area (Å²) in [5.74, 6) is 0.459. The first-order chi connectivity index (χ1) is 19.5. The van der Waals surface area contributed by atoms with Gasteiger partial charge in [0.05, 0.1) is 36.4 Å². The second kappa shape index (κ2) is 10.9. The molecule has 0 unspecified atom stereocenters. The number of nitrogens with zero attached hydrogens (tertiary/aromatic N) is 6. The van der Waals surface area contributed by atoms with Crippen molar-refractivity contribution in [3.05, 3.63) is 66.1 Å². The Bertz CT molecular complexity index is 1540. The SMILES string of the molecule is O=C(O)Nc1ccc(-c2nc(N3CCOCC3)c3cnn(C4CCN(C(=O)c5ccccc5F)CC4)c3n2)cc1. The minimum absolute atomic E-state index is 0.00426. The van der Waals surface area contributed by atoms with Gasteiger partial charge in [0.25, 0.3) is 5.91 Å². The maximum Gasteiger partial charge on any atom is 0.409 e. The Morgan fingerprint density at radius 3 is 2.40 bits per heavy atom. The molecule has 11 nitrogen and oxygen atoms in total. The van der Waals surface area contributed by atoms with Crippen LogP contribution in [-0.2, 0) is 4.74 Å². The molecule has 4 aromatic rings. The van der Waals surface area contributed by atoms with Crippen LogP contribution >= 0.6 is 0 Å². The first-order valence-electron chi connectivity index (χ1n) is 13.2. The van der Waals surface area contributed by atoms with Crippen molar-refractivity contribution in [2.75, 3.05) is 49.6 Å². The molecule has 2 N–H and O–H groups in total. The Hall–Kier alpha value is -4.58. The summed E-state index contributed by atoms with van der Waals surface area (Å²) in [6, 6.07) is 13.0. The van der Waals surface area contributed by atoms with Crippen LogP contribution in [0.4, 0.5) is 20.7 Å². The summed E-state index contributed by atoms with van der Waals surface area (Å²) < 4.78 is 21.7. The molecule has 0 bridgehead atoms. The van der Waals surface area contributed by atoms with Crippen LogP contribution in [0, 0.1) is 5.82 Å². The number of benzene rings is 2. The Morgan fingerprint density at radius 1 is 0.975 bits per heavy atom. The van der Waals surface area contributed by atoms with Crippen LogP contribution in [0.15, 0.2) is 54.7 Å². The Kier molecular flexibility index (Phi) is 6.99. The number of piperidine rings is 1. The van der Waals surface area contributed by atoms with Crippen molar-refractivity contribution in [3.63, 3.8) is 0 Å². The zero-order valence-corrected chi connectivity index (χ0v) is 21.7. The number of hydrogen-bond acceptors (Lipinski definition) is 7. The minimum atomic E-state index is -1.13. The molecule has 2 aliphatic rings. The maximum absolute atomic E-state index is 14.2. The van der Waals surface area contributed by atoms with Gasteiger partial charge in [0.1, 0.15) is 11.6 Å². The molecule has 12 heteroatoms. The van der Waals surface area contributed by atoms with E-state index in [1.807, 2.05) is 4.68 Å². The molecule has 0 saturated carbocycles. The lowest BCUT2D eigenvalue weighted by Crippen LogP contribution is -2.39. The highest BCUT2D eigenvalue weighted by atomic mass is 19.1. The average Bonchev–Trinajstić information content (AvgIpc) is 3.41. The van der Waals surface area contributed by atoms with Crippen LogP contribution in [0.25, 0.3) is 22.4 Å². The van der Waals surface area contributed by atoms with Crippen molar-refractivity contribution in [2.24, 2.45) is 0 Å². The van der Waals surface area contributed by atoms with Gasteiger partial charge in [-0.15, -0.1) is 0 Å². The number of hydrogen-bond donors (Lipinski definition) is 2. The number of aromatic nitrogens is 4. The second-order valence-electron chi connectivity index (χ2n) is 9.81. The van der Waals surface area contributed by atoms with Gasteiger partial charge in [0.15, 0.2) is 11.5 Å². The van der Waals surface area contributed by atoms with E-state index in [9.17, 15) is 14.0 Å². The number of carbonyl (C=O) groups is 2. The molecular formula is C28H28FN7O4. The summed E-state index contributed by atoms with van der Waals surface area (Å²) in [5.41, 5.74) is 1.97. The topological polar surface area (TPSA) is 126 Å². The van der Waals surface area contributed by atoms with Crippen LogP contribution in [0.1, 0.15) is 29.2 Å². The molecule has 4 heterocycles. The third kappa shape index (κ3) is 5.05. The van der Waals surface area contributed by atoms with E-state index < -0.39 is 11.9 Å². The average molecular weight is 546 g/mol. The van der Waals surface area contributed by atoms with Gasteiger partial charge < -0.3 is 19.6 Å². The number of amides is 2. The molecular weight excluding hydrogens is 517 g/mol. The largest absolute Gasteiger partial charge is 0.465 e. The lowest BCUT2D eigenvalue weighted by molar-refractivity contribution is 0.0686. The van der Waals surface area contributed by atoms with Crippen molar-refractivity contribution < 1.29 is 23.8 Å². The quantitative estimate of drug-likeness (QED) is 0.385. The van der Waals surface area contributed by atoms with E-state index in [-0.39, 0.29) is 17.5 Å². The van der Waals surface area contributed by atoms with Crippen molar-refractivity contribution in [3.8, 4) is 11.4 Å². The molecule has 2 fully saturated rings. The number of carboxylic acid groups (broad SMARTS) is 1. The highest BCUT2D eigenvalue weighted by Gasteiger charge is 2.29. The molecule has 0 radical (unpaired) electrons. The molecule has 40 heavy (non-hydrogen) atoms. The van der Waals surface area contributed by atoms with Gasteiger partial charge in [-0.2, -0.15) is 5.10 Å². The number of morpholine rings is 1. The standard InChI is InChI=1S/C28H28FN7O4/c29-23-4-2-1-3-21(23)27(37)35-11-9-20(10-12-35)36-26-22(17-30-36)25(34-13-15-40-16-14-34)32-24(33-26)18-5-7-19(8-6-18)31-28(38)39/h1-8,17,20,31H,9-16H2,(H,38,39). The molecule has 2 aromatic carbocycles. The van der Waals surface area contributed by atoms with Gasteiger partial charge >= 0.3 is 6.09 Å². The second-order valence-corrected chi connectivity index (χ2v) is 9.81. The molecule has 6 rings (SSSR count). The van der Waals surface area contributed by atoms with Crippen LogP contribution in [0.2, 0.25) is 0 Å². The van der Waals surface area contributed by atoms with Crippen LogP contribution in [-0.4, -0.2) is 81.1 Å². The first kappa shape index (κ1) is 25.7. The normalized spacial score (nSPS) is 16.3. The summed E-state index contributed by atoms with van der Waals surface area (Å²) in [7, 11) is 0. The number of anilines is 2. The van der Waals surface area contributed by atoms with Crippen molar-refractivity contribution in [1.82, 2.24) is 24.6 Å². The fourth-order valence-electron chi connectivity index (χ4n) is 5.27. The molecule has 0 spiro atoms. The molecule has 2 aromatic heterocycles. The summed E-state index contributed by atoms with van der Waals surface area (Å²) in [6.07, 6.45) is 1.96. The molecule has 2 amide bonds. The lowest BCUT2D eigenvalue weighted by Gasteiger charge is -2.32. The van der Waals surface area contributed by atoms with E-state index in [4.69, 9.17) is 24.9 Å². The van der Waals surface area contributed by atoms with E-state index in [2.05, 4.69) is 10.2 Å². The number of nitrogens with one attached hydrogen (secondary N) is 1.